The van der Waals surface area contributed by atoms with Gasteiger partial charge in [0.05, 0.1) is 6.10 Å². The molecule has 0 amide bonds. The first-order valence-electron chi connectivity index (χ1n) is 6.57. The van der Waals surface area contributed by atoms with Crippen LogP contribution in [0.4, 0.5) is 5.69 Å². The molecule has 2 aromatic rings. The van der Waals surface area contributed by atoms with Crippen molar-refractivity contribution < 1.29 is 5.11 Å². The molecule has 0 bridgehead atoms. The maximum atomic E-state index is 10.4. The number of nitrogen functional groups attached to an aromatic ring is 1. The van der Waals surface area contributed by atoms with Crippen molar-refractivity contribution in [1.29, 1.82) is 0 Å². The van der Waals surface area contributed by atoms with E-state index in [4.69, 9.17) is 5.73 Å². The van der Waals surface area contributed by atoms with E-state index in [0.29, 0.717) is 12.1 Å². The summed E-state index contributed by atoms with van der Waals surface area (Å²) < 4.78 is 0. The van der Waals surface area contributed by atoms with E-state index in [2.05, 4.69) is 32.9 Å². The van der Waals surface area contributed by atoms with E-state index in [0.717, 1.165) is 5.56 Å². The van der Waals surface area contributed by atoms with Crippen LogP contribution in [0.2, 0.25) is 0 Å². The molecule has 0 saturated heterocycles. The summed E-state index contributed by atoms with van der Waals surface area (Å²) in [4.78, 5) is 0. The molecule has 100 valence electrons. The highest BCUT2D eigenvalue weighted by Gasteiger charge is 2.12. The van der Waals surface area contributed by atoms with E-state index in [9.17, 15) is 5.11 Å². The lowest BCUT2D eigenvalue weighted by atomic mass is 9.93. The molecule has 1 unspecified atom stereocenters. The van der Waals surface area contributed by atoms with Gasteiger partial charge in [-0.2, -0.15) is 0 Å². The summed E-state index contributed by atoms with van der Waals surface area (Å²) in [7, 11) is 0. The molecule has 0 aromatic heterocycles. The molecular formula is C17H21NO. The normalized spacial score (nSPS) is 12.4. The zero-order valence-corrected chi connectivity index (χ0v) is 11.8. The number of hydrogen-bond donors (Lipinski definition) is 2. The summed E-state index contributed by atoms with van der Waals surface area (Å²) >= 11 is 0. The first-order valence-corrected chi connectivity index (χ1v) is 6.57. The molecule has 0 heterocycles. The van der Waals surface area contributed by atoms with Crippen molar-refractivity contribution in [2.24, 2.45) is 0 Å². The molecule has 0 aliphatic heterocycles. The van der Waals surface area contributed by atoms with Gasteiger partial charge in [-0.3, -0.25) is 0 Å². The third-order valence-corrected chi connectivity index (χ3v) is 3.53. The largest absolute Gasteiger partial charge is 0.399 e. The molecule has 0 saturated carbocycles. The molecule has 0 fully saturated rings. The van der Waals surface area contributed by atoms with Gasteiger partial charge in [0.25, 0.3) is 0 Å². The van der Waals surface area contributed by atoms with E-state index >= 15 is 0 Å². The van der Waals surface area contributed by atoms with Gasteiger partial charge in [-0.15, -0.1) is 0 Å². The third kappa shape index (κ3) is 3.15. The maximum absolute atomic E-state index is 10.4. The van der Waals surface area contributed by atoms with Gasteiger partial charge in [-0.05, 0) is 55.2 Å². The predicted octanol–water partition coefficient (Wildman–Crippen LogP) is 3.47. The van der Waals surface area contributed by atoms with Gasteiger partial charge >= 0.3 is 0 Å². The van der Waals surface area contributed by atoms with Crippen molar-refractivity contribution >= 4 is 5.69 Å². The van der Waals surface area contributed by atoms with Gasteiger partial charge < -0.3 is 10.8 Å². The fourth-order valence-corrected chi connectivity index (χ4v) is 2.61. The van der Waals surface area contributed by atoms with Gasteiger partial charge in [0.1, 0.15) is 0 Å². The number of aliphatic hydroxyl groups is 1. The Balaban J connectivity index is 2.26. The van der Waals surface area contributed by atoms with Crippen molar-refractivity contribution in [3.63, 3.8) is 0 Å². The number of benzene rings is 2. The molecule has 2 nitrogen and oxygen atoms in total. The first kappa shape index (κ1) is 13.6. The highest BCUT2D eigenvalue weighted by Crippen LogP contribution is 2.24. The first-order chi connectivity index (χ1) is 8.97. The van der Waals surface area contributed by atoms with Crippen LogP contribution in [0.5, 0.6) is 0 Å². The SMILES string of the molecule is Cc1cc(C)c(CC(O)c2cccc(N)c2)c(C)c1. The predicted molar refractivity (Wildman–Crippen MR) is 80.2 cm³/mol. The van der Waals surface area contributed by atoms with E-state index < -0.39 is 6.10 Å². The van der Waals surface area contributed by atoms with Crippen LogP contribution in [0, 0.1) is 20.8 Å². The fourth-order valence-electron chi connectivity index (χ4n) is 2.61. The van der Waals surface area contributed by atoms with Crippen LogP contribution in [-0.4, -0.2) is 5.11 Å². The molecular weight excluding hydrogens is 234 g/mol. The van der Waals surface area contributed by atoms with E-state index in [1.165, 1.54) is 22.3 Å². The van der Waals surface area contributed by atoms with Gasteiger partial charge in [0.15, 0.2) is 0 Å². The number of hydrogen-bond acceptors (Lipinski definition) is 2. The Morgan fingerprint density at radius 1 is 1.05 bits per heavy atom. The summed E-state index contributed by atoms with van der Waals surface area (Å²) in [5.41, 5.74) is 12.3. The van der Waals surface area contributed by atoms with Crippen LogP contribution in [0.25, 0.3) is 0 Å². The van der Waals surface area contributed by atoms with Crippen LogP contribution in [0.1, 0.15) is 33.9 Å². The van der Waals surface area contributed by atoms with Crippen LogP contribution in [-0.2, 0) is 6.42 Å². The highest BCUT2D eigenvalue weighted by molar-refractivity contribution is 5.43. The molecule has 0 aliphatic carbocycles. The summed E-state index contributed by atoms with van der Waals surface area (Å²) in [6, 6.07) is 11.8. The van der Waals surface area contributed by atoms with Crippen LogP contribution >= 0.6 is 0 Å². The van der Waals surface area contributed by atoms with Gasteiger partial charge in [-0.1, -0.05) is 29.8 Å². The Labute approximate surface area is 114 Å². The quantitative estimate of drug-likeness (QED) is 0.825. The summed E-state index contributed by atoms with van der Waals surface area (Å²) in [5, 5.41) is 10.4. The Kier molecular flexibility index (Phi) is 3.91. The lowest BCUT2D eigenvalue weighted by Crippen LogP contribution is -2.05. The molecule has 0 aliphatic rings. The average molecular weight is 255 g/mol. The molecule has 2 aromatic carbocycles. The second-order valence-corrected chi connectivity index (χ2v) is 5.27. The zero-order valence-electron chi connectivity index (χ0n) is 11.8. The summed E-state index contributed by atoms with van der Waals surface area (Å²) in [6.45, 7) is 6.29. The number of anilines is 1. The third-order valence-electron chi connectivity index (χ3n) is 3.53. The minimum absolute atomic E-state index is 0.511. The maximum Gasteiger partial charge on any atom is 0.0831 e. The van der Waals surface area contributed by atoms with E-state index in [1.807, 2.05) is 24.3 Å². The van der Waals surface area contributed by atoms with Gasteiger partial charge in [0.2, 0.25) is 0 Å². The smallest absolute Gasteiger partial charge is 0.0831 e. The van der Waals surface area contributed by atoms with Crippen molar-refractivity contribution in [1.82, 2.24) is 0 Å². The Hall–Kier alpha value is -1.80. The summed E-state index contributed by atoms with van der Waals surface area (Å²) in [6.07, 6.45) is 0.116. The minimum Gasteiger partial charge on any atom is -0.399 e. The van der Waals surface area contributed by atoms with E-state index in [1.54, 1.807) is 0 Å². The van der Waals surface area contributed by atoms with Crippen LogP contribution < -0.4 is 5.73 Å². The number of rotatable bonds is 3. The van der Waals surface area contributed by atoms with Gasteiger partial charge in [-0.25, -0.2) is 0 Å². The van der Waals surface area contributed by atoms with Gasteiger partial charge in [0, 0.05) is 12.1 Å². The summed E-state index contributed by atoms with van der Waals surface area (Å²) in [5.74, 6) is 0. The van der Waals surface area contributed by atoms with Crippen LogP contribution in [0.3, 0.4) is 0 Å². The molecule has 0 radical (unpaired) electrons. The van der Waals surface area contributed by atoms with Crippen LogP contribution in [0.15, 0.2) is 36.4 Å². The molecule has 19 heavy (non-hydrogen) atoms. The minimum atomic E-state index is -0.511. The second-order valence-electron chi connectivity index (χ2n) is 5.27. The zero-order chi connectivity index (χ0) is 14.0. The molecule has 3 N–H and O–H groups in total. The van der Waals surface area contributed by atoms with Crippen molar-refractivity contribution in [2.45, 2.75) is 33.3 Å². The topological polar surface area (TPSA) is 46.2 Å². The van der Waals surface area contributed by atoms with Crippen molar-refractivity contribution in [3.05, 3.63) is 64.2 Å². The Bertz CT molecular complexity index is 567. The van der Waals surface area contributed by atoms with Crippen molar-refractivity contribution in [2.75, 3.05) is 5.73 Å². The van der Waals surface area contributed by atoms with Crippen molar-refractivity contribution in [3.8, 4) is 0 Å². The molecule has 2 heteroatoms. The molecule has 0 spiro atoms. The lowest BCUT2D eigenvalue weighted by Gasteiger charge is -2.16. The average Bonchev–Trinajstić information content (AvgIpc) is 2.33. The number of aryl methyl sites for hydroxylation is 3. The standard InChI is InChI=1S/C17H21NO/c1-11-7-12(2)16(13(3)8-11)10-17(19)14-5-4-6-15(18)9-14/h4-9,17,19H,10,18H2,1-3H3. The lowest BCUT2D eigenvalue weighted by molar-refractivity contribution is 0.178. The Morgan fingerprint density at radius 2 is 1.68 bits per heavy atom. The molecule has 1 atom stereocenters. The Morgan fingerprint density at radius 3 is 2.26 bits per heavy atom. The number of nitrogens with two attached hydrogens (primary N) is 1. The monoisotopic (exact) mass is 255 g/mol. The highest BCUT2D eigenvalue weighted by atomic mass is 16.3. The fraction of sp³-hybridized carbons (Fsp3) is 0.294. The van der Waals surface area contributed by atoms with E-state index in [-0.39, 0.29) is 0 Å². The second kappa shape index (κ2) is 5.45. The molecule has 2 rings (SSSR count). The number of aliphatic hydroxyl groups excluding tert-OH is 1.